The van der Waals surface area contributed by atoms with Crippen LogP contribution in [-0.4, -0.2) is 40.0 Å². The molecule has 1 amide bonds. The smallest absolute Gasteiger partial charge is 0.311 e. The van der Waals surface area contributed by atoms with Gasteiger partial charge in [-0.3, -0.25) is 9.59 Å². The number of fused-ring (bicyclic) bond motifs is 1. The quantitative estimate of drug-likeness (QED) is 0.915. The molecule has 23 heavy (non-hydrogen) atoms. The summed E-state index contributed by atoms with van der Waals surface area (Å²) < 4.78 is 0. The highest BCUT2D eigenvalue weighted by molar-refractivity contribution is 5.90. The van der Waals surface area contributed by atoms with Gasteiger partial charge in [-0.05, 0) is 38.3 Å². The van der Waals surface area contributed by atoms with Crippen molar-refractivity contribution >= 4 is 22.8 Å². The lowest BCUT2D eigenvalue weighted by atomic mass is 9.82. The molecular formula is C18H22N2O3. The van der Waals surface area contributed by atoms with Crippen molar-refractivity contribution in [3.63, 3.8) is 0 Å². The van der Waals surface area contributed by atoms with Gasteiger partial charge in [-0.25, -0.2) is 0 Å². The Kier molecular flexibility index (Phi) is 3.88. The summed E-state index contributed by atoms with van der Waals surface area (Å²) in [7, 11) is 0. The number of nitrogens with zero attached hydrogens (tertiary/aromatic N) is 1. The average molecular weight is 314 g/mol. The molecule has 1 aliphatic rings. The SMILES string of the molecule is Cc1[nH]c2ccccc2c1CC(=O)N1CCCC(C)(C(=O)O)C1. The fourth-order valence-corrected chi connectivity index (χ4v) is 3.45. The number of aryl methyl sites for hydroxylation is 1. The van der Waals surface area contributed by atoms with E-state index in [1.807, 2.05) is 31.2 Å². The Labute approximate surface area is 135 Å². The van der Waals surface area contributed by atoms with Crippen LogP contribution in [-0.2, 0) is 16.0 Å². The summed E-state index contributed by atoms with van der Waals surface area (Å²) in [6.45, 7) is 4.64. The van der Waals surface area contributed by atoms with E-state index in [1.54, 1.807) is 11.8 Å². The zero-order chi connectivity index (χ0) is 16.6. The lowest BCUT2D eigenvalue weighted by Crippen LogP contribution is -2.48. The third-order valence-corrected chi connectivity index (χ3v) is 4.92. The van der Waals surface area contributed by atoms with E-state index in [0.717, 1.165) is 28.6 Å². The number of amides is 1. The molecule has 1 saturated heterocycles. The van der Waals surface area contributed by atoms with Gasteiger partial charge in [0.2, 0.25) is 5.91 Å². The number of H-pyrrole nitrogens is 1. The van der Waals surface area contributed by atoms with Gasteiger partial charge in [0.1, 0.15) is 0 Å². The van der Waals surface area contributed by atoms with Gasteiger partial charge in [0.25, 0.3) is 0 Å². The van der Waals surface area contributed by atoms with Crippen LogP contribution < -0.4 is 0 Å². The standard InChI is InChI=1S/C18H22N2O3/c1-12-14(13-6-3-4-7-15(13)19-12)10-16(21)20-9-5-8-18(2,11-20)17(22)23/h3-4,6-7,19H,5,8-11H2,1-2H3,(H,22,23). The molecule has 1 aromatic carbocycles. The average Bonchev–Trinajstić information content (AvgIpc) is 2.83. The summed E-state index contributed by atoms with van der Waals surface area (Å²) in [5.74, 6) is -0.816. The first-order valence-electron chi connectivity index (χ1n) is 7.98. The van der Waals surface area contributed by atoms with Crippen LogP contribution in [0.25, 0.3) is 10.9 Å². The minimum absolute atomic E-state index is 0.00466. The van der Waals surface area contributed by atoms with Crippen molar-refractivity contribution in [3.05, 3.63) is 35.5 Å². The molecule has 1 aromatic heterocycles. The number of likely N-dealkylation sites (tertiary alicyclic amines) is 1. The lowest BCUT2D eigenvalue weighted by Gasteiger charge is -2.37. The number of carboxylic acids is 1. The highest BCUT2D eigenvalue weighted by Crippen LogP contribution is 2.30. The van der Waals surface area contributed by atoms with Gasteiger partial charge >= 0.3 is 5.97 Å². The van der Waals surface area contributed by atoms with Crippen molar-refractivity contribution in [2.45, 2.75) is 33.1 Å². The van der Waals surface area contributed by atoms with E-state index in [4.69, 9.17) is 0 Å². The summed E-state index contributed by atoms with van der Waals surface area (Å²) in [6.07, 6.45) is 1.67. The molecule has 1 fully saturated rings. The highest BCUT2D eigenvalue weighted by Gasteiger charge is 2.39. The molecule has 5 nitrogen and oxygen atoms in total. The number of piperidine rings is 1. The minimum Gasteiger partial charge on any atom is -0.481 e. The number of aromatic amines is 1. The molecule has 0 spiro atoms. The molecule has 2 heterocycles. The Morgan fingerprint density at radius 2 is 2.09 bits per heavy atom. The van der Waals surface area contributed by atoms with Crippen LogP contribution in [0.4, 0.5) is 0 Å². The van der Waals surface area contributed by atoms with E-state index < -0.39 is 11.4 Å². The van der Waals surface area contributed by atoms with Gasteiger partial charge < -0.3 is 15.0 Å². The van der Waals surface area contributed by atoms with Crippen molar-refractivity contribution in [1.29, 1.82) is 0 Å². The van der Waals surface area contributed by atoms with E-state index >= 15 is 0 Å². The number of benzene rings is 1. The second kappa shape index (κ2) is 5.72. The van der Waals surface area contributed by atoms with E-state index in [2.05, 4.69) is 4.98 Å². The number of para-hydroxylation sites is 1. The molecule has 0 saturated carbocycles. The molecule has 1 aliphatic heterocycles. The molecule has 1 atom stereocenters. The van der Waals surface area contributed by atoms with Crippen LogP contribution in [0.15, 0.2) is 24.3 Å². The molecule has 0 bridgehead atoms. The first kappa shape index (κ1) is 15.6. The van der Waals surface area contributed by atoms with Crippen LogP contribution in [0.3, 0.4) is 0 Å². The molecule has 2 N–H and O–H groups in total. The molecule has 5 heteroatoms. The fourth-order valence-electron chi connectivity index (χ4n) is 3.45. The van der Waals surface area contributed by atoms with E-state index in [1.165, 1.54) is 0 Å². The van der Waals surface area contributed by atoms with Crippen molar-refractivity contribution in [2.75, 3.05) is 13.1 Å². The van der Waals surface area contributed by atoms with Crippen LogP contribution in [0, 0.1) is 12.3 Å². The maximum absolute atomic E-state index is 12.7. The van der Waals surface area contributed by atoms with Crippen LogP contribution in [0.2, 0.25) is 0 Å². The first-order valence-corrected chi connectivity index (χ1v) is 7.98. The number of nitrogens with one attached hydrogen (secondary N) is 1. The maximum atomic E-state index is 12.7. The zero-order valence-electron chi connectivity index (χ0n) is 13.6. The van der Waals surface area contributed by atoms with Gasteiger partial charge in [0.15, 0.2) is 0 Å². The number of carboxylic acid groups (broad SMARTS) is 1. The fraction of sp³-hybridized carbons (Fsp3) is 0.444. The van der Waals surface area contributed by atoms with Crippen molar-refractivity contribution in [3.8, 4) is 0 Å². The third kappa shape index (κ3) is 2.83. The number of aromatic nitrogens is 1. The van der Waals surface area contributed by atoms with Crippen LogP contribution in [0.5, 0.6) is 0 Å². The highest BCUT2D eigenvalue weighted by atomic mass is 16.4. The largest absolute Gasteiger partial charge is 0.481 e. The molecule has 0 aliphatic carbocycles. The number of carbonyl (C=O) groups is 2. The zero-order valence-corrected chi connectivity index (χ0v) is 13.6. The van der Waals surface area contributed by atoms with Gasteiger partial charge in [-0.2, -0.15) is 0 Å². The van der Waals surface area contributed by atoms with Gasteiger partial charge in [0, 0.05) is 29.7 Å². The Bertz CT molecular complexity index is 765. The van der Waals surface area contributed by atoms with Crippen molar-refractivity contribution in [2.24, 2.45) is 5.41 Å². The summed E-state index contributed by atoms with van der Waals surface area (Å²) in [5.41, 5.74) is 2.20. The second-order valence-electron chi connectivity index (χ2n) is 6.74. The van der Waals surface area contributed by atoms with E-state index in [-0.39, 0.29) is 5.91 Å². The van der Waals surface area contributed by atoms with Crippen LogP contribution >= 0.6 is 0 Å². The molecular weight excluding hydrogens is 292 g/mol. The van der Waals surface area contributed by atoms with Gasteiger partial charge in [0.05, 0.1) is 11.8 Å². The van der Waals surface area contributed by atoms with Gasteiger partial charge in [-0.1, -0.05) is 18.2 Å². The minimum atomic E-state index is -0.830. The Balaban J connectivity index is 1.81. The van der Waals surface area contributed by atoms with E-state index in [0.29, 0.717) is 25.9 Å². The number of aliphatic carboxylic acids is 1. The predicted molar refractivity (Wildman–Crippen MR) is 88.3 cm³/mol. The van der Waals surface area contributed by atoms with Crippen molar-refractivity contribution in [1.82, 2.24) is 9.88 Å². The number of rotatable bonds is 3. The molecule has 0 radical (unpaired) electrons. The third-order valence-electron chi connectivity index (χ3n) is 4.92. The lowest BCUT2D eigenvalue weighted by molar-refractivity contribution is -0.153. The topological polar surface area (TPSA) is 73.4 Å². The number of hydrogen-bond acceptors (Lipinski definition) is 2. The maximum Gasteiger partial charge on any atom is 0.311 e. The Morgan fingerprint density at radius 3 is 2.83 bits per heavy atom. The van der Waals surface area contributed by atoms with Gasteiger partial charge in [-0.15, -0.1) is 0 Å². The first-order chi connectivity index (χ1) is 10.9. The number of carbonyl (C=O) groups excluding carboxylic acids is 1. The van der Waals surface area contributed by atoms with E-state index in [9.17, 15) is 14.7 Å². The molecule has 1 unspecified atom stereocenters. The summed E-state index contributed by atoms with van der Waals surface area (Å²) >= 11 is 0. The monoisotopic (exact) mass is 314 g/mol. The summed E-state index contributed by atoms with van der Waals surface area (Å²) in [4.78, 5) is 29.2. The predicted octanol–water partition coefficient (Wildman–Crippen LogP) is 2.73. The molecule has 3 rings (SSSR count). The molecule has 2 aromatic rings. The normalized spacial score (nSPS) is 21.6. The Morgan fingerprint density at radius 1 is 1.35 bits per heavy atom. The van der Waals surface area contributed by atoms with Crippen molar-refractivity contribution < 1.29 is 14.7 Å². The summed E-state index contributed by atoms with van der Waals surface area (Å²) in [6, 6.07) is 7.94. The number of hydrogen-bond donors (Lipinski definition) is 2. The molecule has 122 valence electrons. The van der Waals surface area contributed by atoms with Crippen LogP contribution in [0.1, 0.15) is 31.0 Å². The Hall–Kier alpha value is -2.30. The summed E-state index contributed by atoms with van der Waals surface area (Å²) in [5, 5.41) is 10.5. The second-order valence-corrected chi connectivity index (χ2v) is 6.74.